The van der Waals surface area contributed by atoms with Gasteiger partial charge >= 0.3 is 0 Å². The molecule has 1 aliphatic heterocycles. The Hall–Kier alpha value is -1.60. The summed E-state index contributed by atoms with van der Waals surface area (Å²) in [5.41, 5.74) is 4.99. The van der Waals surface area contributed by atoms with Crippen LogP contribution in [0.4, 0.5) is 0 Å². The van der Waals surface area contributed by atoms with E-state index >= 15 is 0 Å². The molecule has 2 aromatic carbocycles. The number of hydrogen-bond acceptors (Lipinski definition) is 1. The molecule has 1 heteroatoms. The Morgan fingerprint density at radius 1 is 0.864 bits per heavy atom. The number of rotatable bonds is 1. The maximum absolute atomic E-state index is 6.89. The van der Waals surface area contributed by atoms with E-state index in [0.29, 0.717) is 0 Å². The van der Waals surface area contributed by atoms with E-state index in [1.807, 2.05) is 0 Å². The van der Waals surface area contributed by atoms with Gasteiger partial charge in [0.15, 0.2) is 0 Å². The summed E-state index contributed by atoms with van der Waals surface area (Å²) >= 11 is 0. The van der Waals surface area contributed by atoms with Crippen molar-refractivity contribution in [2.24, 2.45) is 0 Å². The lowest BCUT2D eigenvalue weighted by atomic mass is 9.78. The second kappa shape index (κ2) is 4.96. The molecule has 1 aliphatic carbocycles. The SMILES string of the molecule is Cc1cccc(C2(C)OC3(CCCCC3)c3ccccc32)c1. The van der Waals surface area contributed by atoms with Crippen LogP contribution in [0.2, 0.25) is 0 Å². The smallest absolute Gasteiger partial charge is 0.117 e. The van der Waals surface area contributed by atoms with E-state index in [-0.39, 0.29) is 11.2 Å². The molecule has 0 radical (unpaired) electrons. The summed E-state index contributed by atoms with van der Waals surface area (Å²) in [5, 5.41) is 0. The Morgan fingerprint density at radius 2 is 1.59 bits per heavy atom. The van der Waals surface area contributed by atoms with Gasteiger partial charge in [0.2, 0.25) is 0 Å². The van der Waals surface area contributed by atoms with Crippen molar-refractivity contribution in [1.82, 2.24) is 0 Å². The molecule has 1 fully saturated rings. The number of benzene rings is 2. The maximum Gasteiger partial charge on any atom is 0.117 e. The molecule has 1 saturated carbocycles. The van der Waals surface area contributed by atoms with Crippen molar-refractivity contribution < 1.29 is 4.74 Å². The van der Waals surface area contributed by atoms with Crippen LogP contribution in [0.3, 0.4) is 0 Å². The summed E-state index contributed by atoms with van der Waals surface area (Å²) in [7, 11) is 0. The highest BCUT2D eigenvalue weighted by Gasteiger charge is 2.51. The summed E-state index contributed by atoms with van der Waals surface area (Å²) < 4.78 is 6.89. The van der Waals surface area contributed by atoms with Gasteiger partial charge in [0.05, 0.1) is 5.60 Å². The summed E-state index contributed by atoms with van der Waals surface area (Å²) in [6.45, 7) is 4.41. The van der Waals surface area contributed by atoms with Gasteiger partial charge in [-0.1, -0.05) is 73.4 Å². The van der Waals surface area contributed by atoms with Crippen LogP contribution in [0.5, 0.6) is 0 Å². The molecule has 0 saturated heterocycles. The predicted octanol–water partition coefficient (Wildman–Crippen LogP) is 5.45. The lowest BCUT2D eigenvalue weighted by Crippen LogP contribution is -2.33. The van der Waals surface area contributed by atoms with Gasteiger partial charge in [0, 0.05) is 0 Å². The lowest BCUT2D eigenvalue weighted by Gasteiger charge is -2.37. The Labute approximate surface area is 133 Å². The fourth-order valence-electron chi connectivity index (χ4n) is 4.45. The first-order valence-corrected chi connectivity index (χ1v) is 8.51. The zero-order chi connectivity index (χ0) is 15.2. The van der Waals surface area contributed by atoms with E-state index in [1.54, 1.807) is 0 Å². The van der Waals surface area contributed by atoms with Crippen molar-refractivity contribution in [3.63, 3.8) is 0 Å². The quantitative estimate of drug-likeness (QED) is 0.679. The number of hydrogen-bond donors (Lipinski definition) is 0. The monoisotopic (exact) mass is 292 g/mol. The van der Waals surface area contributed by atoms with Crippen molar-refractivity contribution >= 4 is 0 Å². The second-order valence-electron chi connectivity index (χ2n) is 7.11. The molecule has 114 valence electrons. The lowest BCUT2D eigenvalue weighted by molar-refractivity contribution is -0.131. The molecule has 1 heterocycles. The fourth-order valence-corrected chi connectivity index (χ4v) is 4.45. The third kappa shape index (κ3) is 1.95. The molecule has 1 unspecified atom stereocenters. The third-order valence-electron chi connectivity index (χ3n) is 5.56. The van der Waals surface area contributed by atoms with Crippen LogP contribution in [-0.2, 0) is 15.9 Å². The first-order valence-electron chi connectivity index (χ1n) is 8.51. The van der Waals surface area contributed by atoms with E-state index in [4.69, 9.17) is 4.74 Å². The fraction of sp³-hybridized carbons (Fsp3) is 0.429. The van der Waals surface area contributed by atoms with Crippen LogP contribution in [0.25, 0.3) is 0 Å². The van der Waals surface area contributed by atoms with Crippen molar-refractivity contribution in [2.75, 3.05) is 0 Å². The average molecular weight is 292 g/mol. The molecule has 22 heavy (non-hydrogen) atoms. The van der Waals surface area contributed by atoms with Crippen LogP contribution < -0.4 is 0 Å². The Balaban J connectivity index is 1.88. The predicted molar refractivity (Wildman–Crippen MR) is 89.9 cm³/mol. The second-order valence-corrected chi connectivity index (χ2v) is 7.11. The van der Waals surface area contributed by atoms with E-state index in [0.717, 1.165) is 12.8 Å². The highest BCUT2D eigenvalue weighted by atomic mass is 16.5. The zero-order valence-electron chi connectivity index (χ0n) is 13.6. The first kappa shape index (κ1) is 14.0. The molecular formula is C21H24O. The van der Waals surface area contributed by atoms with Crippen molar-refractivity contribution in [3.05, 3.63) is 70.8 Å². The molecular weight excluding hydrogens is 268 g/mol. The molecule has 0 amide bonds. The normalized spacial score (nSPS) is 26.1. The molecule has 0 bridgehead atoms. The van der Waals surface area contributed by atoms with Gasteiger partial charge in [0.25, 0.3) is 0 Å². The van der Waals surface area contributed by atoms with E-state index in [9.17, 15) is 0 Å². The highest BCUT2D eigenvalue weighted by Crippen LogP contribution is 2.55. The van der Waals surface area contributed by atoms with Crippen LogP contribution in [0, 0.1) is 6.92 Å². The van der Waals surface area contributed by atoms with Crippen molar-refractivity contribution in [1.29, 1.82) is 0 Å². The summed E-state index contributed by atoms with van der Waals surface area (Å²) in [4.78, 5) is 0. The molecule has 1 nitrogen and oxygen atoms in total. The topological polar surface area (TPSA) is 9.23 Å². The average Bonchev–Trinajstić information content (AvgIpc) is 2.79. The van der Waals surface area contributed by atoms with Gasteiger partial charge < -0.3 is 4.74 Å². The number of fused-ring (bicyclic) bond motifs is 2. The molecule has 1 spiro atoms. The number of ether oxygens (including phenoxy) is 1. The van der Waals surface area contributed by atoms with E-state index in [1.165, 1.54) is 41.5 Å². The van der Waals surface area contributed by atoms with Crippen molar-refractivity contribution in [2.45, 2.75) is 57.2 Å². The number of aryl methyl sites for hydroxylation is 1. The van der Waals surface area contributed by atoms with Gasteiger partial charge in [-0.2, -0.15) is 0 Å². The first-order chi connectivity index (χ1) is 10.6. The minimum absolute atomic E-state index is 0.0622. The van der Waals surface area contributed by atoms with Crippen molar-refractivity contribution in [3.8, 4) is 0 Å². The zero-order valence-corrected chi connectivity index (χ0v) is 13.6. The largest absolute Gasteiger partial charge is 0.355 e. The standard InChI is InChI=1S/C21H24O/c1-16-9-8-10-17(15-16)20(2)18-11-4-5-12-19(18)21(22-20)13-6-3-7-14-21/h4-5,8-12,15H,3,6-7,13-14H2,1-2H3. The van der Waals surface area contributed by atoms with E-state index in [2.05, 4.69) is 62.4 Å². The Bertz CT molecular complexity index is 697. The van der Waals surface area contributed by atoms with Crippen LogP contribution in [0.1, 0.15) is 61.3 Å². The van der Waals surface area contributed by atoms with Crippen LogP contribution in [0.15, 0.2) is 48.5 Å². The molecule has 2 aromatic rings. The van der Waals surface area contributed by atoms with Gasteiger partial charge in [-0.3, -0.25) is 0 Å². The molecule has 0 N–H and O–H groups in total. The third-order valence-corrected chi connectivity index (χ3v) is 5.56. The minimum Gasteiger partial charge on any atom is -0.355 e. The molecule has 1 atom stereocenters. The summed E-state index contributed by atoms with van der Waals surface area (Å²) in [6.07, 6.45) is 6.21. The minimum atomic E-state index is -0.319. The molecule has 2 aliphatic rings. The van der Waals surface area contributed by atoms with Gasteiger partial charge in [-0.25, -0.2) is 0 Å². The van der Waals surface area contributed by atoms with E-state index < -0.39 is 0 Å². The summed E-state index contributed by atoms with van der Waals surface area (Å²) in [6, 6.07) is 17.7. The molecule has 0 aromatic heterocycles. The Kier molecular flexibility index (Phi) is 3.16. The highest BCUT2D eigenvalue weighted by molar-refractivity contribution is 5.48. The summed E-state index contributed by atoms with van der Waals surface area (Å²) in [5.74, 6) is 0. The van der Waals surface area contributed by atoms with Crippen LogP contribution >= 0.6 is 0 Å². The van der Waals surface area contributed by atoms with Gasteiger partial charge in [0.1, 0.15) is 5.60 Å². The van der Waals surface area contributed by atoms with Gasteiger partial charge in [-0.15, -0.1) is 0 Å². The van der Waals surface area contributed by atoms with Gasteiger partial charge in [-0.05, 0) is 43.4 Å². The van der Waals surface area contributed by atoms with Crippen LogP contribution in [-0.4, -0.2) is 0 Å². The molecule has 4 rings (SSSR count). The maximum atomic E-state index is 6.89. The Morgan fingerprint density at radius 3 is 2.32 bits per heavy atom.